The number of nitrogens with one attached hydrogen (secondary N) is 1. The van der Waals surface area contributed by atoms with E-state index in [2.05, 4.69) is 26.1 Å². The molecular formula is C18H29NO3. The van der Waals surface area contributed by atoms with Crippen molar-refractivity contribution in [3.05, 3.63) is 23.8 Å². The summed E-state index contributed by atoms with van der Waals surface area (Å²) in [6, 6.07) is 5.27. The highest BCUT2D eigenvalue weighted by atomic mass is 16.5. The first kappa shape index (κ1) is 17.1. The van der Waals surface area contributed by atoms with E-state index >= 15 is 0 Å². The Hall–Kier alpha value is -1.26. The van der Waals surface area contributed by atoms with Gasteiger partial charge in [0, 0.05) is 17.6 Å². The standard InChI is InChI=1S/C18H29NO3/c1-18(2,3)19-11-15(21)12-22-17-9-8-14(20)10-16(17)13-6-4-5-7-13/h8-10,13,15,19-21H,4-7,11-12H2,1-3H3/t15-/m0/s1. The first-order chi connectivity index (χ1) is 10.3. The number of benzene rings is 1. The van der Waals surface area contributed by atoms with Crippen LogP contribution in [0.2, 0.25) is 0 Å². The van der Waals surface area contributed by atoms with Gasteiger partial charge in [0.15, 0.2) is 0 Å². The fourth-order valence-electron chi connectivity index (χ4n) is 2.89. The number of hydrogen-bond donors (Lipinski definition) is 3. The van der Waals surface area contributed by atoms with Crippen LogP contribution in [0, 0.1) is 0 Å². The molecule has 22 heavy (non-hydrogen) atoms. The van der Waals surface area contributed by atoms with Gasteiger partial charge in [-0.3, -0.25) is 0 Å². The number of rotatable bonds is 6. The minimum absolute atomic E-state index is 0.0193. The van der Waals surface area contributed by atoms with Crippen molar-refractivity contribution in [2.45, 2.75) is 64.0 Å². The van der Waals surface area contributed by atoms with Crippen LogP contribution >= 0.6 is 0 Å². The quantitative estimate of drug-likeness (QED) is 0.755. The molecule has 1 atom stereocenters. The molecule has 0 heterocycles. The summed E-state index contributed by atoms with van der Waals surface area (Å²) in [7, 11) is 0. The Bertz CT molecular complexity index is 476. The van der Waals surface area contributed by atoms with Gasteiger partial charge in [0.1, 0.15) is 24.2 Å². The predicted octanol–water partition coefficient (Wildman–Crippen LogP) is 3.18. The van der Waals surface area contributed by atoms with Gasteiger partial charge in [-0.15, -0.1) is 0 Å². The summed E-state index contributed by atoms with van der Waals surface area (Å²) in [4.78, 5) is 0. The molecule has 4 heteroatoms. The molecule has 3 N–H and O–H groups in total. The maximum absolute atomic E-state index is 10.0. The molecule has 2 rings (SSSR count). The van der Waals surface area contributed by atoms with Crippen LogP contribution in [0.1, 0.15) is 57.9 Å². The lowest BCUT2D eigenvalue weighted by Gasteiger charge is -2.23. The van der Waals surface area contributed by atoms with E-state index in [9.17, 15) is 10.2 Å². The van der Waals surface area contributed by atoms with Crippen LogP contribution < -0.4 is 10.1 Å². The normalized spacial score (nSPS) is 17.6. The predicted molar refractivity (Wildman–Crippen MR) is 88.6 cm³/mol. The highest BCUT2D eigenvalue weighted by molar-refractivity contribution is 5.42. The van der Waals surface area contributed by atoms with Crippen LogP contribution in [0.3, 0.4) is 0 Å². The molecule has 1 aliphatic carbocycles. The molecule has 0 aliphatic heterocycles. The third-order valence-corrected chi connectivity index (χ3v) is 4.09. The van der Waals surface area contributed by atoms with E-state index in [1.54, 1.807) is 6.07 Å². The number of aliphatic hydroxyl groups excluding tert-OH is 1. The minimum Gasteiger partial charge on any atom is -0.508 e. The second-order valence-corrected chi connectivity index (χ2v) is 7.30. The molecule has 0 amide bonds. The van der Waals surface area contributed by atoms with Gasteiger partial charge in [-0.2, -0.15) is 0 Å². The second-order valence-electron chi connectivity index (χ2n) is 7.30. The number of hydrogen-bond acceptors (Lipinski definition) is 4. The van der Waals surface area contributed by atoms with Gasteiger partial charge >= 0.3 is 0 Å². The lowest BCUT2D eigenvalue weighted by Crippen LogP contribution is -2.42. The third-order valence-electron chi connectivity index (χ3n) is 4.09. The average Bonchev–Trinajstić information content (AvgIpc) is 2.97. The minimum atomic E-state index is -0.551. The molecule has 1 aromatic rings. The zero-order valence-electron chi connectivity index (χ0n) is 13.9. The van der Waals surface area contributed by atoms with Crippen molar-refractivity contribution in [2.24, 2.45) is 0 Å². The van der Waals surface area contributed by atoms with E-state index in [0.717, 1.165) is 24.2 Å². The van der Waals surface area contributed by atoms with Crippen LogP contribution in [0.5, 0.6) is 11.5 Å². The molecule has 4 nitrogen and oxygen atoms in total. The van der Waals surface area contributed by atoms with Crippen molar-refractivity contribution in [1.29, 1.82) is 0 Å². The Morgan fingerprint density at radius 3 is 2.59 bits per heavy atom. The first-order valence-corrected chi connectivity index (χ1v) is 8.24. The zero-order chi connectivity index (χ0) is 16.2. The van der Waals surface area contributed by atoms with Crippen molar-refractivity contribution < 1.29 is 14.9 Å². The summed E-state index contributed by atoms with van der Waals surface area (Å²) in [6.45, 7) is 6.96. The Balaban J connectivity index is 1.94. The van der Waals surface area contributed by atoms with Crippen molar-refractivity contribution in [1.82, 2.24) is 5.32 Å². The van der Waals surface area contributed by atoms with Crippen molar-refractivity contribution in [3.63, 3.8) is 0 Å². The second kappa shape index (κ2) is 7.34. The first-order valence-electron chi connectivity index (χ1n) is 8.24. The third kappa shape index (κ3) is 5.18. The van der Waals surface area contributed by atoms with Gasteiger partial charge in [-0.05, 0) is 57.7 Å². The van der Waals surface area contributed by atoms with Crippen molar-refractivity contribution >= 4 is 0 Å². The van der Waals surface area contributed by atoms with Gasteiger partial charge in [-0.25, -0.2) is 0 Å². The lowest BCUT2D eigenvalue weighted by molar-refractivity contribution is 0.0993. The largest absolute Gasteiger partial charge is 0.508 e. The van der Waals surface area contributed by atoms with Gasteiger partial charge < -0.3 is 20.3 Å². The summed E-state index contributed by atoms with van der Waals surface area (Å²) in [5.41, 5.74) is 1.06. The molecular weight excluding hydrogens is 278 g/mol. The maximum Gasteiger partial charge on any atom is 0.123 e. The summed E-state index contributed by atoms with van der Waals surface area (Å²) in [5, 5.41) is 23.0. The Morgan fingerprint density at radius 2 is 1.95 bits per heavy atom. The molecule has 0 bridgehead atoms. The van der Waals surface area contributed by atoms with Crippen LogP contribution in [0.15, 0.2) is 18.2 Å². The highest BCUT2D eigenvalue weighted by Crippen LogP contribution is 2.40. The zero-order valence-corrected chi connectivity index (χ0v) is 13.9. The molecule has 124 valence electrons. The number of β-amino-alcohol motifs (C(OH)–C–C–N with tert-alkyl or cyclic N) is 1. The fraction of sp³-hybridized carbons (Fsp3) is 0.667. The van der Waals surface area contributed by atoms with E-state index in [1.807, 2.05) is 12.1 Å². The Morgan fingerprint density at radius 1 is 1.27 bits per heavy atom. The maximum atomic E-state index is 10.0. The van der Waals surface area contributed by atoms with Gasteiger partial charge in [-0.1, -0.05) is 12.8 Å². The SMILES string of the molecule is CC(C)(C)NC[C@H](O)COc1ccc(O)cc1C1CCCC1. The topological polar surface area (TPSA) is 61.7 Å². The van der Waals surface area contributed by atoms with E-state index in [1.165, 1.54) is 12.8 Å². The molecule has 0 saturated heterocycles. The van der Waals surface area contributed by atoms with Gasteiger partial charge in [0.2, 0.25) is 0 Å². The molecule has 1 aromatic carbocycles. The molecule has 1 saturated carbocycles. The average molecular weight is 307 g/mol. The Kier molecular flexibility index (Phi) is 5.70. The lowest BCUT2D eigenvalue weighted by atomic mass is 9.96. The van der Waals surface area contributed by atoms with Gasteiger partial charge in [0.05, 0.1) is 0 Å². The fourth-order valence-corrected chi connectivity index (χ4v) is 2.89. The monoisotopic (exact) mass is 307 g/mol. The number of aromatic hydroxyl groups is 1. The number of phenolic OH excluding ortho intramolecular Hbond substituents is 1. The van der Waals surface area contributed by atoms with Crippen molar-refractivity contribution in [2.75, 3.05) is 13.2 Å². The summed E-state index contributed by atoms with van der Waals surface area (Å²) >= 11 is 0. The molecule has 0 aromatic heterocycles. The van der Waals surface area contributed by atoms with E-state index in [-0.39, 0.29) is 17.9 Å². The molecule has 1 fully saturated rings. The highest BCUT2D eigenvalue weighted by Gasteiger charge is 2.22. The molecule has 1 aliphatic rings. The smallest absolute Gasteiger partial charge is 0.123 e. The number of ether oxygens (including phenoxy) is 1. The van der Waals surface area contributed by atoms with Crippen LogP contribution in [0.25, 0.3) is 0 Å². The molecule has 0 unspecified atom stereocenters. The van der Waals surface area contributed by atoms with Crippen LogP contribution in [-0.4, -0.2) is 35.0 Å². The van der Waals surface area contributed by atoms with Crippen LogP contribution in [0.4, 0.5) is 0 Å². The summed E-state index contributed by atoms with van der Waals surface area (Å²) < 4.78 is 5.83. The summed E-state index contributed by atoms with van der Waals surface area (Å²) in [5.74, 6) is 1.54. The molecule has 0 radical (unpaired) electrons. The number of phenols is 1. The Labute approximate surface area is 133 Å². The van der Waals surface area contributed by atoms with E-state index < -0.39 is 6.10 Å². The van der Waals surface area contributed by atoms with Gasteiger partial charge in [0.25, 0.3) is 0 Å². The molecule has 0 spiro atoms. The van der Waals surface area contributed by atoms with Crippen molar-refractivity contribution in [3.8, 4) is 11.5 Å². The summed E-state index contributed by atoms with van der Waals surface area (Å²) in [6.07, 6.45) is 4.21. The van der Waals surface area contributed by atoms with E-state index in [0.29, 0.717) is 12.5 Å². The van der Waals surface area contributed by atoms with Crippen LogP contribution in [-0.2, 0) is 0 Å². The van der Waals surface area contributed by atoms with E-state index in [4.69, 9.17) is 4.74 Å². The number of aliphatic hydroxyl groups is 1.